The molecule has 0 saturated carbocycles. The van der Waals surface area contributed by atoms with Gasteiger partial charge in [-0.3, -0.25) is 4.99 Å². The third-order valence-corrected chi connectivity index (χ3v) is 1.56. The highest BCUT2D eigenvalue weighted by atomic mass is 16.5. The molecular formula is C9H8N2O. The number of nitrogens with two attached hydrogens (primary N) is 1. The number of fused-ring (bicyclic) bond motifs is 1. The van der Waals surface area contributed by atoms with E-state index in [4.69, 9.17) is 10.5 Å². The van der Waals surface area contributed by atoms with Crippen LogP contribution >= 0.6 is 0 Å². The number of ether oxygens (including phenoxy) is 1. The molecule has 0 bridgehead atoms. The van der Waals surface area contributed by atoms with E-state index in [0.29, 0.717) is 11.4 Å². The number of anilines is 1. The summed E-state index contributed by atoms with van der Waals surface area (Å²) in [5.74, 6) is 0.694. The molecule has 1 aromatic carbocycles. The molecule has 0 aromatic heterocycles. The van der Waals surface area contributed by atoms with E-state index in [-0.39, 0.29) is 0 Å². The molecule has 0 fully saturated rings. The Kier molecular flexibility index (Phi) is 1.55. The first-order valence-corrected chi connectivity index (χ1v) is 3.62. The zero-order chi connectivity index (χ0) is 8.39. The Morgan fingerprint density at radius 1 is 1.33 bits per heavy atom. The largest absolute Gasteiger partial charge is 0.463 e. The van der Waals surface area contributed by atoms with Crippen molar-refractivity contribution >= 4 is 17.6 Å². The van der Waals surface area contributed by atoms with Gasteiger partial charge in [0.2, 0.25) is 0 Å². The van der Waals surface area contributed by atoms with Crippen LogP contribution in [0.1, 0.15) is 0 Å². The molecular weight excluding hydrogens is 152 g/mol. The van der Waals surface area contributed by atoms with Crippen LogP contribution in [0.4, 0.5) is 11.4 Å². The number of hydrogen-bond acceptors (Lipinski definition) is 3. The second kappa shape index (κ2) is 2.70. The molecule has 0 aliphatic carbocycles. The third kappa shape index (κ3) is 1.16. The van der Waals surface area contributed by atoms with Crippen LogP contribution in [0.5, 0.6) is 5.75 Å². The van der Waals surface area contributed by atoms with E-state index in [1.807, 2.05) is 6.07 Å². The maximum Gasteiger partial charge on any atom is 0.154 e. The summed E-state index contributed by atoms with van der Waals surface area (Å²) in [6, 6.07) is 5.38. The molecule has 3 nitrogen and oxygen atoms in total. The minimum atomic E-state index is 0.680. The van der Waals surface area contributed by atoms with Crippen LogP contribution in [0.15, 0.2) is 35.5 Å². The van der Waals surface area contributed by atoms with Gasteiger partial charge >= 0.3 is 0 Å². The minimum Gasteiger partial charge on any atom is -0.463 e. The van der Waals surface area contributed by atoms with Gasteiger partial charge in [-0.25, -0.2) is 0 Å². The molecule has 1 aliphatic rings. The van der Waals surface area contributed by atoms with Crippen LogP contribution in [0.3, 0.4) is 0 Å². The predicted molar refractivity (Wildman–Crippen MR) is 48.8 cm³/mol. The van der Waals surface area contributed by atoms with Gasteiger partial charge in [0.1, 0.15) is 5.69 Å². The second-order valence-corrected chi connectivity index (χ2v) is 2.45. The summed E-state index contributed by atoms with van der Waals surface area (Å²) in [5, 5.41) is 0. The molecule has 2 N–H and O–H groups in total. The van der Waals surface area contributed by atoms with E-state index in [0.717, 1.165) is 5.69 Å². The summed E-state index contributed by atoms with van der Waals surface area (Å²) in [4.78, 5) is 4.14. The first-order valence-electron chi connectivity index (χ1n) is 3.62. The molecule has 0 unspecified atom stereocenters. The highest BCUT2D eigenvalue weighted by Crippen LogP contribution is 2.30. The van der Waals surface area contributed by atoms with Gasteiger partial charge in [-0.2, -0.15) is 0 Å². The Labute approximate surface area is 70.2 Å². The van der Waals surface area contributed by atoms with Crippen molar-refractivity contribution in [1.29, 1.82) is 0 Å². The van der Waals surface area contributed by atoms with Crippen molar-refractivity contribution in [2.24, 2.45) is 4.99 Å². The zero-order valence-electron chi connectivity index (χ0n) is 6.40. The lowest BCUT2D eigenvalue weighted by atomic mass is 10.2. The van der Waals surface area contributed by atoms with Crippen molar-refractivity contribution in [3.05, 3.63) is 30.5 Å². The topological polar surface area (TPSA) is 47.6 Å². The number of benzene rings is 1. The van der Waals surface area contributed by atoms with Gasteiger partial charge in [0.25, 0.3) is 0 Å². The average Bonchev–Trinajstić information content (AvgIpc) is 2.28. The van der Waals surface area contributed by atoms with Crippen LogP contribution < -0.4 is 10.5 Å². The lowest BCUT2D eigenvalue weighted by molar-refractivity contribution is 0.485. The van der Waals surface area contributed by atoms with Crippen LogP contribution in [0.25, 0.3) is 0 Å². The van der Waals surface area contributed by atoms with Gasteiger partial charge in [0.15, 0.2) is 5.75 Å². The summed E-state index contributed by atoms with van der Waals surface area (Å²) >= 11 is 0. The van der Waals surface area contributed by atoms with Crippen LogP contribution in [0.2, 0.25) is 0 Å². The molecule has 0 atom stereocenters. The van der Waals surface area contributed by atoms with Gasteiger partial charge in [0, 0.05) is 18.0 Å². The monoisotopic (exact) mass is 160 g/mol. The van der Waals surface area contributed by atoms with Crippen molar-refractivity contribution in [2.75, 3.05) is 5.73 Å². The smallest absolute Gasteiger partial charge is 0.154 e. The van der Waals surface area contributed by atoms with Gasteiger partial charge in [-0.1, -0.05) is 0 Å². The summed E-state index contributed by atoms with van der Waals surface area (Å²) in [7, 11) is 0. The molecule has 3 heteroatoms. The van der Waals surface area contributed by atoms with Crippen LogP contribution in [0, 0.1) is 0 Å². The molecule has 12 heavy (non-hydrogen) atoms. The number of nitrogen functional groups attached to an aromatic ring is 1. The van der Waals surface area contributed by atoms with Crippen molar-refractivity contribution in [3.8, 4) is 5.75 Å². The number of allylic oxidation sites excluding steroid dienone is 1. The van der Waals surface area contributed by atoms with Crippen LogP contribution in [-0.4, -0.2) is 6.21 Å². The molecule has 1 aliphatic heterocycles. The number of aliphatic imine (C=N–C) groups is 1. The van der Waals surface area contributed by atoms with E-state index in [1.165, 1.54) is 0 Å². The summed E-state index contributed by atoms with van der Waals surface area (Å²) in [6.45, 7) is 0. The van der Waals surface area contributed by atoms with E-state index in [2.05, 4.69) is 4.99 Å². The maximum atomic E-state index is 5.58. The molecule has 2 rings (SSSR count). The number of nitrogens with zero attached hydrogens (tertiary/aromatic N) is 1. The Hall–Kier alpha value is -1.77. The fourth-order valence-corrected chi connectivity index (χ4v) is 1.00. The van der Waals surface area contributed by atoms with E-state index in [1.54, 1.807) is 30.7 Å². The Morgan fingerprint density at radius 2 is 2.25 bits per heavy atom. The molecule has 1 heterocycles. The highest BCUT2D eigenvalue weighted by Gasteiger charge is 2.02. The summed E-state index contributed by atoms with van der Waals surface area (Å²) in [6.07, 6.45) is 4.99. The van der Waals surface area contributed by atoms with E-state index in [9.17, 15) is 0 Å². The molecule has 60 valence electrons. The van der Waals surface area contributed by atoms with Gasteiger partial charge < -0.3 is 10.5 Å². The summed E-state index contributed by atoms with van der Waals surface area (Å²) in [5.41, 5.74) is 7.06. The number of rotatable bonds is 0. The molecule has 0 amide bonds. The Balaban J connectivity index is 2.53. The first kappa shape index (κ1) is 6.91. The van der Waals surface area contributed by atoms with E-state index >= 15 is 0 Å². The molecule has 0 spiro atoms. The lowest BCUT2D eigenvalue weighted by Gasteiger charge is -2.02. The predicted octanol–water partition coefficient (Wildman–Crippen LogP) is 1.88. The quantitative estimate of drug-likeness (QED) is 0.589. The standard InChI is InChI=1S/C9H8N2O/c10-7-2-3-8-9(6-7)12-5-1-4-11-8/h1-6H,10H2. The first-order chi connectivity index (χ1) is 5.86. The summed E-state index contributed by atoms with van der Waals surface area (Å²) < 4.78 is 5.24. The average molecular weight is 160 g/mol. The van der Waals surface area contributed by atoms with Crippen molar-refractivity contribution in [2.45, 2.75) is 0 Å². The fourth-order valence-electron chi connectivity index (χ4n) is 1.00. The maximum absolute atomic E-state index is 5.58. The molecule has 1 aromatic rings. The van der Waals surface area contributed by atoms with Gasteiger partial charge in [-0.05, 0) is 18.2 Å². The van der Waals surface area contributed by atoms with Crippen LogP contribution in [-0.2, 0) is 0 Å². The Morgan fingerprint density at radius 3 is 3.17 bits per heavy atom. The Bertz CT molecular complexity index is 356. The van der Waals surface area contributed by atoms with E-state index < -0.39 is 0 Å². The lowest BCUT2D eigenvalue weighted by Crippen LogP contribution is -1.86. The van der Waals surface area contributed by atoms with Crippen molar-refractivity contribution in [3.63, 3.8) is 0 Å². The highest BCUT2D eigenvalue weighted by molar-refractivity contribution is 5.77. The van der Waals surface area contributed by atoms with Gasteiger partial charge in [0.05, 0.1) is 6.26 Å². The van der Waals surface area contributed by atoms with Crippen molar-refractivity contribution < 1.29 is 4.74 Å². The zero-order valence-corrected chi connectivity index (χ0v) is 6.40. The SMILES string of the molecule is Nc1ccc2c(c1)OC=CC=N2. The second-order valence-electron chi connectivity index (χ2n) is 2.45. The normalized spacial score (nSPS) is 13.3. The minimum absolute atomic E-state index is 0.680. The van der Waals surface area contributed by atoms with Crippen molar-refractivity contribution in [1.82, 2.24) is 0 Å². The van der Waals surface area contributed by atoms with Gasteiger partial charge in [-0.15, -0.1) is 0 Å². The third-order valence-electron chi connectivity index (χ3n) is 1.56. The fraction of sp³-hybridized carbons (Fsp3) is 0. The molecule has 0 radical (unpaired) electrons. The molecule has 0 saturated heterocycles. The number of hydrogen-bond donors (Lipinski definition) is 1.